The van der Waals surface area contributed by atoms with Crippen LogP contribution < -0.4 is 5.73 Å². The van der Waals surface area contributed by atoms with E-state index in [9.17, 15) is 8.78 Å². The summed E-state index contributed by atoms with van der Waals surface area (Å²) in [6, 6.07) is 4.02. The van der Waals surface area contributed by atoms with Crippen LogP contribution in [0.1, 0.15) is 18.4 Å². The summed E-state index contributed by atoms with van der Waals surface area (Å²) in [6.07, 6.45) is 2.79. The first-order chi connectivity index (χ1) is 8.56. The van der Waals surface area contributed by atoms with Crippen LogP contribution >= 0.6 is 0 Å². The Hall–Kier alpha value is -1.65. The van der Waals surface area contributed by atoms with Gasteiger partial charge in [-0.15, -0.1) is 0 Å². The maximum Gasteiger partial charge on any atom is 0.191 e. The molecule has 0 unspecified atom stereocenters. The molecule has 1 aliphatic rings. The van der Waals surface area contributed by atoms with Gasteiger partial charge in [-0.3, -0.25) is 4.99 Å². The predicted octanol–water partition coefficient (Wildman–Crippen LogP) is 1.92. The molecule has 0 saturated heterocycles. The maximum atomic E-state index is 12.9. The second kappa shape index (κ2) is 5.33. The summed E-state index contributed by atoms with van der Waals surface area (Å²) in [7, 11) is 1.92. The molecule has 98 valence electrons. The number of benzene rings is 1. The normalized spacial score (nSPS) is 15.8. The van der Waals surface area contributed by atoms with Crippen molar-refractivity contribution in [1.29, 1.82) is 0 Å². The Labute approximate surface area is 105 Å². The van der Waals surface area contributed by atoms with E-state index in [-0.39, 0.29) is 0 Å². The van der Waals surface area contributed by atoms with Crippen molar-refractivity contribution >= 4 is 5.96 Å². The molecule has 0 spiro atoms. The van der Waals surface area contributed by atoms with Crippen molar-refractivity contribution in [2.75, 3.05) is 13.6 Å². The third-order valence-electron chi connectivity index (χ3n) is 3.05. The van der Waals surface area contributed by atoms with E-state index in [1.54, 1.807) is 0 Å². The van der Waals surface area contributed by atoms with Gasteiger partial charge in [-0.2, -0.15) is 0 Å². The zero-order valence-electron chi connectivity index (χ0n) is 10.4. The first-order valence-corrected chi connectivity index (χ1v) is 6.04. The van der Waals surface area contributed by atoms with Gasteiger partial charge in [0.1, 0.15) is 11.6 Å². The highest BCUT2D eigenvalue weighted by Crippen LogP contribution is 2.24. The number of nitrogens with two attached hydrogens (primary N) is 1. The van der Waals surface area contributed by atoms with Crippen LogP contribution in [-0.4, -0.2) is 30.5 Å². The summed E-state index contributed by atoms with van der Waals surface area (Å²) < 4.78 is 25.9. The quantitative estimate of drug-likeness (QED) is 0.658. The molecule has 1 aliphatic carbocycles. The number of guanidine groups is 1. The van der Waals surface area contributed by atoms with Gasteiger partial charge in [0, 0.05) is 25.7 Å². The zero-order valence-corrected chi connectivity index (χ0v) is 10.4. The van der Waals surface area contributed by atoms with Crippen molar-refractivity contribution in [2.45, 2.75) is 25.3 Å². The van der Waals surface area contributed by atoms with Gasteiger partial charge in [0.05, 0.1) is 0 Å². The number of aliphatic imine (C=N–C) groups is 1. The van der Waals surface area contributed by atoms with Crippen LogP contribution in [0, 0.1) is 11.6 Å². The van der Waals surface area contributed by atoms with Crippen molar-refractivity contribution < 1.29 is 8.78 Å². The van der Waals surface area contributed by atoms with E-state index in [0.29, 0.717) is 30.5 Å². The number of nitrogens with zero attached hydrogens (tertiary/aromatic N) is 2. The van der Waals surface area contributed by atoms with Crippen molar-refractivity contribution in [3.05, 3.63) is 35.4 Å². The molecular formula is C13H17F2N3. The molecule has 1 saturated carbocycles. The van der Waals surface area contributed by atoms with E-state index in [1.165, 1.54) is 12.1 Å². The minimum absolute atomic E-state index is 0.436. The number of halogens is 2. The van der Waals surface area contributed by atoms with E-state index in [2.05, 4.69) is 4.99 Å². The summed E-state index contributed by atoms with van der Waals surface area (Å²) in [5.74, 6) is -0.622. The molecule has 5 heteroatoms. The van der Waals surface area contributed by atoms with Crippen molar-refractivity contribution in [3.8, 4) is 0 Å². The highest BCUT2D eigenvalue weighted by molar-refractivity contribution is 5.78. The molecular weight excluding hydrogens is 236 g/mol. The van der Waals surface area contributed by atoms with E-state index < -0.39 is 11.6 Å². The van der Waals surface area contributed by atoms with Gasteiger partial charge < -0.3 is 10.6 Å². The zero-order chi connectivity index (χ0) is 13.1. The standard InChI is InChI=1S/C13H17F2N3/c1-18(12-2-3-12)13(16)17-5-4-9-6-10(14)8-11(15)7-9/h6-8,12H,2-5H2,1H3,(H2,16,17). The Kier molecular flexibility index (Phi) is 3.79. The lowest BCUT2D eigenvalue weighted by Crippen LogP contribution is -2.35. The molecule has 0 radical (unpaired) electrons. The molecule has 0 amide bonds. The van der Waals surface area contributed by atoms with Crippen molar-refractivity contribution in [2.24, 2.45) is 10.7 Å². The summed E-state index contributed by atoms with van der Waals surface area (Å²) in [5.41, 5.74) is 6.41. The van der Waals surface area contributed by atoms with Crippen LogP contribution in [0.5, 0.6) is 0 Å². The van der Waals surface area contributed by atoms with Crippen LogP contribution in [-0.2, 0) is 6.42 Å². The largest absolute Gasteiger partial charge is 0.370 e. The monoisotopic (exact) mass is 253 g/mol. The molecule has 2 rings (SSSR count). The van der Waals surface area contributed by atoms with Gasteiger partial charge >= 0.3 is 0 Å². The van der Waals surface area contributed by atoms with Crippen molar-refractivity contribution in [3.63, 3.8) is 0 Å². The first-order valence-electron chi connectivity index (χ1n) is 6.04. The van der Waals surface area contributed by atoms with Crippen LogP contribution in [0.25, 0.3) is 0 Å². The average molecular weight is 253 g/mol. The van der Waals surface area contributed by atoms with Gasteiger partial charge in [0.15, 0.2) is 5.96 Å². The molecule has 0 aromatic heterocycles. The van der Waals surface area contributed by atoms with Crippen molar-refractivity contribution in [1.82, 2.24) is 4.90 Å². The second-order valence-corrected chi connectivity index (χ2v) is 4.61. The minimum Gasteiger partial charge on any atom is -0.370 e. The molecule has 0 bridgehead atoms. The third kappa shape index (κ3) is 3.42. The SMILES string of the molecule is CN(C(N)=NCCc1cc(F)cc(F)c1)C1CC1. The predicted molar refractivity (Wildman–Crippen MR) is 67.3 cm³/mol. The fourth-order valence-electron chi connectivity index (χ4n) is 1.82. The van der Waals surface area contributed by atoms with E-state index in [1.807, 2.05) is 11.9 Å². The Morgan fingerprint density at radius 3 is 2.50 bits per heavy atom. The van der Waals surface area contributed by atoms with Crippen LogP contribution in [0.3, 0.4) is 0 Å². The Bertz CT molecular complexity index is 435. The van der Waals surface area contributed by atoms with E-state index >= 15 is 0 Å². The Balaban J connectivity index is 1.88. The molecule has 0 atom stereocenters. The molecule has 1 aromatic rings. The topological polar surface area (TPSA) is 41.6 Å². The fourth-order valence-corrected chi connectivity index (χ4v) is 1.82. The highest BCUT2D eigenvalue weighted by atomic mass is 19.1. The Morgan fingerprint density at radius 1 is 1.33 bits per heavy atom. The van der Waals surface area contributed by atoms with Crippen LogP contribution in [0.4, 0.5) is 8.78 Å². The smallest absolute Gasteiger partial charge is 0.191 e. The summed E-state index contributed by atoms with van der Waals surface area (Å²) in [6.45, 7) is 0.436. The Morgan fingerprint density at radius 2 is 1.94 bits per heavy atom. The third-order valence-corrected chi connectivity index (χ3v) is 3.05. The average Bonchev–Trinajstić information content (AvgIpc) is 3.10. The van der Waals surface area contributed by atoms with Gasteiger partial charge in [-0.05, 0) is 37.0 Å². The lowest BCUT2D eigenvalue weighted by Gasteiger charge is -2.16. The number of rotatable bonds is 4. The second-order valence-electron chi connectivity index (χ2n) is 4.61. The van der Waals surface area contributed by atoms with E-state index in [4.69, 9.17) is 5.73 Å². The summed E-state index contributed by atoms with van der Waals surface area (Å²) in [4.78, 5) is 6.17. The first kappa shape index (κ1) is 12.8. The summed E-state index contributed by atoms with van der Waals surface area (Å²) in [5, 5.41) is 0. The lowest BCUT2D eigenvalue weighted by molar-refractivity contribution is 0.487. The maximum absolute atomic E-state index is 12.9. The minimum atomic E-state index is -0.558. The highest BCUT2D eigenvalue weighted by Gasteiger charge is 2.27. The van der Waals surface area contributed by atoms with Gasteiger partial charge in [-0.1, -0.05) is 0 Å². The molecule has 0 heterocycles. The van der Waals surface area contributed by atoms with Gasteiger partial charge in [-0.25, -0.2) is 8.78 Å². The van der Waals surface area contributed by atoms with Gasteiger partial charge in [0.2, 0.25) is 0 Å². The number of hydrogen-bond acceptors (Lipinski definition) is 1. The molecule has 2 N–H and O–H groups in total. The lowest BCUT2D eigenvalue weighted by atomic mass is 10.1. The summed E-state index contributed by atoms with van der Waals surface area (Å²) >= 11 is 0. The van der Waals surface area contributed by atoms with E-state index in [0.717, 1.165) is 18.9 Å². The molecule has 1 aromatic carbocycles. The molecule has 18 heavy (non-hydrogen) atoms. The molecule has 0 aliphatic heterocycles. The number of hydrogen-bond donors (Lipinski definition) is 1. The van der Waals surface area contributed by atoms with Crippen LogP contribution in [0.2, 0.25) is 0 Å². The molecule has 3 nitrogen and oxygen atoms in total. The molecule has 1 fully saturated rings. The van der Waals surface area contributed by atoms with Gasteiger partial charge in [0.25, 0.3) is 0 Å². The van der Waals surface area contributed by atoms with Crippen LogP contribution in [0.15, 0.2) is 23.2 Å². The fraction of sp³-hybridized carbons (Fsp3) is 0.462.